The van der Waals surface area contributed by atoms with Gasteiger partial charge in [-0.1, -0.05) is 36.4 Å². The zero-order chi connectivity index (χ0) is 31.1. The van der Waals surface area contributed by atoms with Gasteiger partial charge >= 0.3 is 0 Å². The van der Waals surface area contributed by atoms with Crippen LogP contribution in [0.5, 0.6) is 17.2 Å². The number of methoxy groups -OCH3 is 1. The quantitative estimate of drug-likeness (QED) is 0.174. The number of Topliss-reactive ketones (excluding diaryl/α,β-unsaturated/α-hetero) is 1. The summed E-state index contributed by atoms with van der Waals surface area (Å²) in [6.07, 6.45) is 0.668. The second-order valence-corrected chi connectivity index (χ2v) is 10.9. The summed E-state index contributed by atoms with van der Waals surface area (Å²) < 4.78 is 22.8. The van der Waals surface area contributed by atoms with Crippen molar-refractivity contribution in [3.05, 3.63) is 94.6 Å². The van der Waals surface area contributed by atoms with E-state index in [2.05, 4.69) is 4.90 Å². The minimum Gasteiger partial charge on any atom is -0.507 e. The van der Waals surface area contributed by atoms with E-state index in [1.54, 1.807) is 36.3 Å². The van der Waals surface area contributed by atoms with Crippen LogP contribution in [0.4, 0.5) is 0 Å². The third kappa shape index (κ3) is 6.90. The van der Waals surface area contributed by atoms with E-state index in [0.29, 0.717) is 67.8 Å². The average molecular weight is 601 g/mol. The molecule has 0 saturated carbocycles. The first-order valence-corrected chi connectivity index (χ1v) is 15.1. The molecule has 1 atom stereocenters. The molecule has 3 aromatic carbocycles. The van der Waals surface area contributed by atoms with Crippen molar-refractivity contribution < 1.29 is 33.6 Å². The smallest absolute Gasteiger partial charge is 0.295 e. The van der Waals surface area contributed by atoms with Crippen LogP contribution in [0.2, 0.25) is 0 Å². The van der Waals surface area contributed by atoms with Crippen LogP contribution >= 0.6 is 0 Å². The Kier molecular flexibility index (Phi) is 10.2. The molecule has 0 aromatic heterocycles. The van der Waals surface area contributed by atoms with Crippen molar-refractivity contribution in [2.45, 2.75) is 32.9 Å². The molecule has 9 heteroatoms. The summed E-state index contributed by atoms with van der Waals surface area (Å²) in [6, 6.07) is 19.7. The van der Waals surface area contributed by atoms with E-state index in [1.165, 1.54) is 0 Å². The number of carbonyl (C=O) groups excluding carboxylic acids is 2. The lowest BCUT2D eigenvalue weighted by Gasteiger charge is -2.29. The van der Waals surface area contributed by atoms with Crippen molar-refractivity contribution in [1.82, 2.24) is 9.80 Å². The molecule has 2 aliphatic heterocycles. The van der Waals surface area contributed by atoms with Crippen molar-refractivity contribution in [1.29, 1.82) is 0 Å². The fraction of sp³-hybridized carbons (Fsp3) is 0.371. The van der Waals surface area contributed by atoms with Crippen LogP contribution in [0, 0.1) is 6.92 Å². The van der Waals surface area contributed by atoms with Gasteiger partial charge in [0.05, 0.1) is 38.5 Å². The molecule has 2 fully saturated rings. The number of aliphatic hydroxyl groups is 1. The molecule has 0 aliphatic carbocycles. The topological polar surface area (TPSA) is 97.8 Å². The number of aryl methyl sites for hydroxylation is 1. The van der Waals surface area contributed by atoms with Gasteiger partial charge in [-0.3, -0.25) is 14.5 Å². The van der Waals surface area contributed by atoms with Gasteiger partial charge in [-0.15, -0.1) is 0 Å². The van der Waals surface area contributed by atoms with Crippen LogP contribution in [0.15, 0.2) is 72.3 Å². The van der Waals surface area contributed by atoms with Gasteiger partial charge < -0.3 is 29.0 Å². The molecule has 9 nitrogen and oxygen atoms in total. The highest BCUT2D eigenvalue weighted by Gasteiger charge is 2.46. The first-order chi connectivity index (χ1) is 21.4. The van der Waals surface area contributed by atoms with Gasteiger partial charge in [-0.2, -0.15) is 0 Å². The zero-order valence-electron chi connectivity index (χ0n) is 25.6. The van der Waals surface area contributed by atoms with Gasteiger partial charge in [0.25, 0.3) is 11.7 Å². The van der Waals surface area contributed by atoms with Gasteiger partial charge in [-0.25, -0.2) is 0 Å². The van der Waals surface area contributed by atoms with Gasteiger partial charge in [0.1, 0.15) is 18.1 Å². The number of aliphatic hydroxyl groups excluding tert-OH is 1. The van der Waals surface area contributed by atoms with E-state index in [0.717, 1.165) is 30.8 Å². The molecular weight excluding hydrogens is 560 g/mol. The van der Waals surface area contributed by atoms with Crippen molar-refractivity contribution >= 4 is 17.4 Å². The molecule has 44 heavy (non-hydrogen) atoms. The molecule has 2 heterocycles. The fourth-order valence-corrected chi connectivity index (χ4v) is 5.76. The van der Waals surface area contributed by atoms with E-state index in [4.69, 9.17) is 18.9 Å². The predicted octanol–water partition coefficient (Wildman–Crippen LogP) is 5.13. The fourth-order valence-electron chi connectivity index (χ4n) is 5.76. The van der Waals surface area contributed by atoms with Crippen LogP contribution < -0.4 is 14.2 Å². The number of morpholine rings is 1. The average Bonchev–Trinajstić information content (AvgIpc) is 3.30. The van der Waals surface area contributed by atoms with Crippen LogP contribution in [0.1, 0.15) is 41.6 Å². The Hall–Kier alpha value is -4.34. The second kappa shape index (κ2) is 14.4. The maximum atomic E-state index is 13.6. The monoisotopic (exact) mass is 600 g/mol. The first kappa shape index (κ1) is 31.1. The van der Waals surface area contributed by atoms with Crippen LogP contribution in [-0.4, -0.2) is 79.7 Å². The van der Waals surface area contributed by atoms with Gasteiger partial charge in [0.15, 0.2) is 11.5 Å². The minimum absolute atomic E-state index is 0.0497. The molecule has 0 spiro atoms. The molecule has 232 valence electrons. The molecule has 0 bridgehead atoms. The highest BCUT2D eigenvalue weighted by molar-refractivity contribution is 6.46. The second-order valence-electron chi connectivity index (χ2n) is 10.9. The Morgan fingerprint density at radius 1 is 0.955 bits per heavy atom. The van der Waals surface area contributed by atoms with E-state index >= 15 is 0 Å². The third-order valence-electron chi connectivity index (χ3n) is 8.02. The standard InChI is InChI=1S/C35H40N2O7/c1-4-43-27-12-13-28(24(2)21-27)33(38)31-32(37(35(40)34(31)39)16-8-15-36-17-19-42-20-18-36)26-11-14-29(30(22-26)41-3)44-23-25-9-6-5-7-10-25/h5-7,9-14,21-22,32,38H,4,8,15-20,23H2,1-3H3. The molecule has 3 aromatic rings. The Bertz CT molecular complexity index is 1500. The summed E-state index contributed by atoms with van der Waals surface area (Å²) in [7, 11) is 1.55. The van der Waals surface area contributed by atoms with E-state index in [9.17, 15) is 14.7 Å². The Morgan fingerprint density at radius 2 is 1.73 bits per heavy atom. The number of likely N-dealkylation sites (tertiary alicyclic amines) is 1. The van der Waals surface area contributed by atoms with Crippen LogP contribution in [-0.2, 0) is 20.9 Å². The minimum atomic E-state index is -0.803. The van der Waals surface area contributed by atoms with Gasteiger partial charge in [0.2, 0.25) is 0 Å². The molecule has 1 amide bonds. The zero-order valence-corrected chi connectivity index (χ0v) is 25.6. The Balaban J connectivity index is 1.50. The van der Waals surface area contributed by atoms with Crippen molar-refractivity contribution in [2.75, 3.05) is 53.1 Å². The number of ether oxygens (including phenoxy) is 4. The summed E-state index contributed by atoms with van der Waals surface area (Å²) in [4.78, 5) is 31.0. The highest BCUT2D eigenvalue weighted by Crippen LogP contribution is 2.42. The lowest BCUT2D eigenvalue weighted by molar-refractivity contribution is -0.140. The third-order valence-corrected chi connectivity index (χ3v) is 8.02. The number of hydrogen-bond acceptors (Lipinski definition) is 8. The summed E-state index contributed by atoms with van der Waals surface area (Å²) >= 11 is 0. The maximum absolute atomic E-state index is 13.6. The number of hydrogen-bond donors (Lipinski definition) is 1. The van der Waals surface area contributed by atoms with Crippen molar-refractivity contribution in [2.24, 2.45) is 0 Å². The van der Waals surface area contributed by atoms with E-state index in [1.807, 2.05) is 56.3 Å². The van der Waals surface area contributed by atoms with Gasteiger partial charge in [-0.05, 0) is 67.3 Å². The van der Waals surface area contributed by atoms with Gasteiger partial charge in [0, 0.05) is 31.7 Å². The summed E-state index contributed by atoms with van der Waals surface area (Å²) in [6.45, 7) is 8.76. The number of benzene rings is 3. The number of nitrogens with zero attached hydrogens (tertiary/aromatic N) is 2. The predicted molar refractivity (Wildman–Crippen MR) is 167 cm³/mol. The molecule has 1 N–H and O–H groups in total. The van der Waals surface area contributed by atoms with Crippen LogP contribution in [0.25, 0.3) is 5.76 Å². The number of amides is 1. The summed E-state index contributed by atoms with van der Waals surface area (Å²) in [5.41, 5.74) is 2.91. The number of carbonyl (C=O) groups is 2. The lowest BCUT2D eigenvalue weighted by atomic mass is 9.93. The first-order valence-electron chi connectivity index (χ1n) is 15.1. The maximum Gasteiger partial charge on any atom is 0.295 e. The molecular formula is C35H40N2O7. The molecule has 5 rings (SSSR count). The highest BCUT2D eigenvalue weighted by atomic mass is 16.5. The Morgan fingerprint density at radius 3 is 2.43 bits per heavy atom. The molecule has 2 aliphatic rings. The number of ketones is 1. The summed E-state index contributed by atoms with van der Waals surface area (Å²) in [5, 5.41) is 11.6. The van der Waals surface area contributed by atoms with E-state index in [-0.39, 0.29) is 11.3 Å². The normalized spacial score (nSPS) is 18.4. The molecule has 2 saturated heterocycles. The molecule has 0 radical (unpaired) electrons. The number of rotatable bonds is 12. The molecule has 1 unspecified atom stereocenters. The van der Waals surface area contributed by atoms with Crippen LogP contribution in [0.3, 0.4) is 0 Å². The lowest BCUT2D eigenvalue weighted by Crippen LogP contribution is -2.39. The largest absolute Gasteiger partial charge is 0.507 e. The summed E-state index contributed by atoms with van der Waals surface area (Å²) in [5.74, 6) is 0.104. The SMILES string of the molecule is CCOc1ccc(C(O)=C2C(=O)C(=O)N(CCCN3CCOCC3)C2c2ccc(OCc3ccccc3)c(OC)c2)c(C)c1. The Labute approximate surface area is 258 Å². The van der Waals surface area contributed by atoms with Crippen molar-refractivity contribution in [3.63, 3.8) is 0 Å². The van der Waals surface area contributed by atoms with E-state index < -0.39 is 17.7 Å². The van der Waals surface area contributed by atoms with Crippen molar-refractivity contribution in [3.8, 4) is 17.2 Å².